The monoisotopic (exact) mass is 530 g/mol. The van der Waals surface area contributed by atoms with E-state index in [1.54, 1.807) is 24.6 Å². The van der Waals surface area contributed by atoms with Crippen LogP contribution in [0.15, 0.2) is 22.5 Å². The fraction of sp³-hybridized carbons (Fsp3) is 0.750. The van der Waals surface area contributed by atoms with Crippen LogP contribution in [0.4, 0.5) is 0 Å². The predicted octanol–water partition coefficient (Wildman–Crippen LogP) is 7.94. The van der Waals surface area contributed by atoms with Crippen molar-refractivity contribution in [1.29, 1.82) is 0 Å². The molecule has 1 aromatic heterocycles. The van der Waals surface area contributed by atoms with E-state index in [4.69, 9.17) is 5.11 Å². The van der Waals surface area contributed by atoms with Gasteiger partial charge in [0, 0.05) is 10.6 Å². The topological polar surface area (TPSA) is 49.7 Å². The standard InChI is InChI=1S/C12H17NO2S.3C4H9.Sn/c1-4-8(2)11(12(14)15)13-9(3)10-6-5-7-16-10;3*1-3-4-2;/h5-8,11H,4H2,1-3H3,(H,14,15);3*1,3-4H2,2H3;. The molecule has 1 aromatic rings. The van der Waals surface area contributed by atoms with Crippen LogP contribution in [0.2, 0.25) is 13.3 Å². The molecule has 0 spiro atoms. The van der Waals surface area contributed by atoms with Gasteiger partial charge in [0.1, 0.15) is 6.04 Å². The Labute approximate surface area is 191 Å². The van der Waals surface area contributed by atoms with Gasteiger partial charge in [0.2, 0.25) is 0 Å². The van der Waals surface area contributed by atoms with E-state index in [1.807, 2.05) is 38.3 Å². The molecule has 0 amide bonds. The molecule has 3 nitrogen and oxygen atoms in total. The predicted molar refractivity (Wildman–Crippen MR) is 132 cm³/mol. The summed E-state index contributed by atoms with van der Waals surface area (Å²) in [5.41, 5.74) is 0.808. The van der Waals surface area contributed by atoms with Gasteiger partial charge in [0.15, 0.2) is 0 Å². The molecule has 2 unspecified atom stereocenters. The SMILES string of the molecule is CCC(C)C(N=C(C)c1cccs1)C(=O)O.CCC[CH2][Sn]([CH2]CCC)[CH2]CCC. The van der Waals surface area contributed by atoms with Gasteiger partial charge in [0.25, 0.3) is 0 Å². The molecule has 167 valence electrons. The number of aliphatic imine (C=N–C) groups is 1. The van der Waals surface area contributed by atoms with Crippen LogP contribution in [0.1, 0.15) is 91.4 Å². The third kappa shape index (κ3) is 13.5. The van der Waals surface area contributed by atoms with Crippen molar-refractivity contribution in [1.82, 2.24) is 0 Å². The summed E-state index contributed by atoms with van der Waals surface area (Å²) in [4.78, 5) is 16.5. The molecular weight excluding hydrogens is 485 g/mol. The molecule has 2 atom stereocenters. The zero-order valence-electron chi connectivity index (χ0n) is 19.7. The summed E-state index contributed by atoms with van der Waals surface area (Å²) in [6, 6.07) is 3.27. The summed E-state index contributed by atoms with van der Waals surface area (Å²) in [7, 11) is 0. The minimum absolute atomic E-state index is 0.0624. The molecule has 1 heterocycles. The van der Waals surface area contributed by atoms with Crippen molar-refractivity contribution in [2.75, 3.05) is 0 Å². The first-order valence-electron chi connectivity index (χ1n) is 11.6. The third-order valence-corrected chi connectivity index (χ3v) is 15.4. The Hall–Kier alpha value is -0.361. The molecule has 1 radical (unpaired) electrons. The number of hydrogen-bond donors (Lipinski definition) is 1. The number of thiophene rings is 1. The van der Waals surface area contributed by atoms with E-state index >= 15 is 0 Å². The molecule has 0 saturated carbocycles. The van der Waals surface area contributed by atoms with Crippen molar-refractivity contribution < 1.29 is 9.90 Å². The first kappa shape index (κ1) is 28.6. The van der Waals surface area contributed by atoms with Crippen LogP contribution in [-0.2, 0) is 4.79 Å². The van der Waals surface area contributed by atoms with Gasteiger partial charge in [-0.1, -0.05) is 26.3 Å². The maximum absolute atomic E-state index is 11.1. The fourth-order valence-corrected chi connectivity index (χ4v) is 13.2. The Morgan fingerprint density at radius 1 is 1.07 bits per heavy atom. The molecular formula is C24H44NO2SSn. The second-order valence-corrected chi connectivity index (χ2v) is 17.4. The first-order chi connectivity index (χ1) is 13.9. The molecule has 0 fully saturated rings. The van der Waals surface area contributed by atoms with Gasteiger partial charge in [-0.15, -0.1) is 11.3 Å². The van der Waals surface area contributed by atoms with E-state index in [0.717, 1.165) is 17.0 Å². The van der Waals surface area contributed by atoms with Crippen molar-refractivity contribution in [2.45, 2.75) is 106 Å². The van der Waals surface area contributed by atoms with E-state index < -0.39 is 31.8 Å². The van der Waals surface area contributed by atoms with Crippen LogP contribution in [0.5, 0.6) is 0 Å². The zero-order valence-corrected chi connectivity index (χ0v) is 23.3. The summed E-state index contributed by atoms with van der Waals surface area (Å²) in [5, 5.41) is 11.1. The molecule has 0 bridgehead atoms. The minimum atomic E-state index is -0.842. The maximum atomic E-state index is 11.1. The van der Waals surface area contributed by atoms with Gasteiger partial charge >= 0.3 is 98.3 Å². The van der Waals surface area contributed by atoms with Crippen LogP contribution < -0.4 is 0 Å². The van der Waals surface area contributed by atoms with Crippen LogP contribution in [0.25, 0.3) is 0 Å². The van der Waals surface area contributed by atoms with Gasteiger partial charge < -0.3 is 5.11 Å². The molecule has 0 aliphatic heterocycles. The van der Waals surface area contributed by atoms with Crippen LogP contribution in [-0.4, -0.2) is 42.6 Å². The summed E-state index contributed by atoms with van der Waals surface area (Å²) in [6.07, 6.45) is 9.66. The molecule has 1 rings (SSSR count). The van der Waals surface area contributed by atoms with E-state index in [0.29, 0.717) is 0 Å². The fourth-order valence-electron chi connectivity index (χ4n) is 3.06. The average molecular weight is 529 g/mol. The Balaban J connectivity index is 0.000000555. The first-order valence-corrected chi connectivity index (χ1v) is 18.5. The number of aliphatic carboxylic acids is 1. The van der Waals surface area contributed by atoms with Crippen LogP contribution in [0.3, 0.4) is 0 Å². The molecule has 0 aliphatic rings. The van der Waals surface area contributed by atoms with Gasteiger partial charge in [-0.05, 0) is 24.3 Å². The van der Waals surface area contributed by atoms with Gasteiger partial charge in [-0.2, -0.15) is 0 Å². The summed E-state index contributed by atoms with van der Waals surface area (Å²) >= 11 is 0.741. The average Bonchev–Trinajstić information content (AvgIpc) is 3.26. The molecule has 1 N–H and O–H groups in total. The molecule has 0 saturated heterocycles. The Bertz CT molecular complexity index is 526. The summed E-state index contributed by atoms with van der Waals surface area (Å²) in [6.45, 7) is 12.8. The number of rotatable bonds is 14. The quantitative estimate of drug-likeness (QED) is 0.197. The number of hydrogen-bond acceptors (Lipinski definition) is 3. The van der Waals surface area contributed by atoms with Crippen LogP contribution in [0, 0.1) is 5.92 Å². The van der Waals surface area contributed by atoms with Crippen molar-refractivity contribution in [3.63, 3.8) is 0 Å². The molecule has 5 heteroatoms. The molecule has 29 heavy (non-hydrogen) atoms. The van der Waals surface area contributed by atoms with Crippen molar-refractivity contribution in [3.05, 3.63) is 22.4 Å². The Morgan fingerprint density at radius 3 is 1.93 bits per heavy atom. The third-order valence-electron chi connectivity index (χ3n) is 5.30. The number of carbonyl (C=O) groups is 1. The zero-order chi connectivity index (χ0) is 22.1. The number of carboxylic acid groups (broad SMARTS) is 1. The van der Waals surface area contributed by atoms with E-state index in [-0.39, 0.29) is 5.92 Å². The van der Waals surface area contributed by atoms with E-state index in [2.05, 4.69) is 25.8 Å². The molecule has 0 aromatic carbocycles. The van der Waals surface area contributed by atoms with Gasteiger partial charge in [-0.3, -0.25) is 4.99 Å². The number of nitrogens with zero attached hydrogens (tertiary/aromatic N) is 1. The Kier molecular flexibility index (Phi) is 18.2. The van der Waals surface area contributed by atoms with Crippen LogP contribution >= 0.6 is 11.3 Å². The Morgan fingerprint density at radius 2 is 1.59 bits per heavy atom. The second-order valence-electron chi connectivity index (χ2n) is 7.92. The number of carboxylic acids is 1. The second kappa shape index (κ2) is 18.4. The molecule has 0 aliphatic carbocycles. The van der Waals surface area contributed by atoms with Gasteiger partial charge in [0.05, 0.1) is 0 Å². The van der Waals surface area contributed by atoms with E-state index in [9.17, 15) is 4.79 Å². The van der Waals surface area contributed by atoms with Crippen molar-refractivity contribution >= 4 is 42.8 Å². The summed E-state index contributed by atoms with van der Waals surface area (Å²) < 4.78 is 5.04. The van der Waals surface area contributed by atoms with Crippen molar-refractivity contribution in [3.8, 4) is 0 Å². The number of unbranched alkanes of at least 4 members (excludes halogenated alkanes) is 3. The van der Waals surface area contributed by atoms with E-state index in [1.165, 1.54) is 38.5 Å². The summed E-state index contributed by atoms with van der Waals surface area (Å²) in [5.74, 6) is -0.780. The van der Waals surface area contributed by atoms with Gasteiger partial charge in [-0.25, -0.2) is 4.79 Å². The normalized spacial score (nSPS) is 13.7. The van der Waals surface area contributed by atoms with Crippen molar-refractivity contribution in [2.24, 2.45) is 10.9 Å².